The van der Waals surface area contributed by atoms with Gasteiger partial charge in [-0.3, -0.25) is 0 Å². The molecule has 2 nitrogen and oxygen atoms in total. The molecule has 2 rings (SSSR count). The van der Waals surface area contributed by atoms with Crippen LogP contribution in [0.4, 0.5) is 0 Å². The Morgan fingerprint density at radius 3 is 2.75 bits per heavy atom. The van der Waals surface area contributed by atoms with Gasteiger partial charge in [0, 0.05) is 17.1 Å². The molecule has 3 heteroatoms. The van der Waals surface area contributed by atoms with Crippen molar-refractivity contribution in [2.45, 2.75) is 31.2 Å². The minimum atomic E-state index is 0.285. The van der Waals surface area contributed by atoms with Gasteiger partial charge in [0.05, 0.1) is 0 Å². The van der Waals surface area contributed by atoms with E-state index in [1.54, 1.807) is 0 Å². The van der Waals surface area contributed by atoms with E-state index in [0.29, 0.717) is 12.0 Å². The molecule has 16 heavy (non-hydrogen) atoms. The first-order valence-corrected chi connectivity index (χ1v) is 6.69. The van der Waals surface area contributed by atoms with Crippen LogP contribution in [-0.2, 0) is 0 Å². The van der Waals surface area contributed by atoms with Crippen molar-refractivity contribution >= 4 is 15.9 Å². The molecule has 1 saturated carbocycles. The van der Waals surface area contributed by atoms with Crippen molar-refractivity contribution in [3.8, 4) is 0 Å². The van der Waals surface area contributed by atoms with Crippen molar-refractivity contribution in [2.75, 3.05) is 13.2 Å². The van der Waals surface area contributed by atoms with Crippen LogP contribution in [0.1, 0.15) is 30.7 Å². The second-order valence-electron chi connectivity index (χ2n) is 4.42. The van der Waals surface area contributed by atoms with E-state index in [-0.39, 0.29) is 6.61 Å². The fraction of sp³-hybridized carbons (Fsp3) is 0.538. The average Bonchev–Trinajstić information content (AvgIpc) is 2.23. The summed E-state index contributed by atoms with van der Waals surface area (Å²) in [5, 5.41) is 12.2. The SMILES string of the molecule is OCCCNC1CC(c2ccccc2Br)C1. The third kappa shape index (κ3) is 2.84. The van der Waals surface area contributed by atoms with Crippen LogP contribution < -0.4 is 5.32 Å². The molecule has 0 bridgehead atoms. The lowest BCUT2D eigenvalue weighted by Crippen LogP contribution is -2.40. The molecule has 0 aliphatic heterocycles. The number of hydrogen-bond acceptors (Lipinski definition) is 2. The zero-order valence-corrected chi connectivity index (χ0v) is 10.9. The molecule has 1 aromatic rings. The van der Waals surface area contributed by atoms with Gasteiger partial charge in [-0.05, 0) is 43.4 Å². The summed E-state index contributed by atoms with van der Waals surface area (Å²) >= 11 is 3.60. The normalized spacial score (nSPS) is 24.1. The number of halogens is 1. The van der Waals surface area contributed by atoms with E-state index in [1.807, 2.05) is 0 Å². The molecule has 0 saturated heterocycles. The monoisotopic (exact) mass is 283 g/mol. The number of hydrogen-bond donors (Lipinski definition) is 2. The lowest BCUT2D eigenvalue weighted by atomic mass is 9.76. The van der Waals surface area contributed by atoms with Gasteiger partial charge in [-0.2, -0.15) is 0 Å². The van der Waals surface area contributed by atoms with Crippen molar-refractivity contribution in [3.05, 3.63) is 34.3 Å². The highest BCUT2D eigenvalue weighted by atomic mass is 79.9. The molecule has 0 spiro atoms. The number of benzene rings is 1. The minimum absolute atomic E-state index is 0.285. The van der Waals surface area contributed by atoms with Gasteiger partial charge in [0.25, 0.3) is 0 Å². The second kappa shape index (κ2) is 5.80. The van der Waals surface area contributed by atoms with Crippen LogP contribution >= 0.6 is 15.9 Å². The van der Waals surface area contributed by atoms with E-state index in [0.717, 1.165) is 13.0 Å². The Morgan fingerprint density at radius 2 is 2.06 bits per heavy atom. The number of aliphatic hydroxyl groups is 1. The highest BCUT2D eigenvalue weighted by molar-refractivity contribution is 9.10. The van der Waals surface area contributed by atoms with Crippen LogP contribution in [0.25, 0.3) is 0 Å². The van der Waals surface area contributed by atoms with Crippen LogP contribution in [0, 0.1) is 0 Å². The molecule has 0 unspecified atom stereocenters. The average molecular weight is 284 g/mol. The first-order valence-electron chi connectivity index (χ1n) is 5.90. The minimum Gasteiger partial charge on any atom is -0.396 e. The van der Waals surface area contributed by atoms with E-state index in [9.17, 15) is 0 Å². The standard InChI is InChI=1S/C13H18BrNO/c14-13-5-2-1-4-12(13)10-8-11(9-10)15-6-3-7-16/h1-2,4-5,10-11,15-16H,3,6-9H2. The van der Waals surface area contributed by atoms with Crippen LogP contribution in [-0.4, -0.2) is 24.3 Å². The van der Waals surface area contributed by atoms with Gasteiger partial charge in [0.15, 0.2) is 0 Å². The van der Waals surface area contributed by atoms with Crippen molar-refractivity contribution < 1.29 is 5.11 Å². The number of rotatable bonds is 5. The largest absolute Gasteiger partial charge is 0.396 e. The molecular weight excluding hydrogens is 266 g/mol. The van der Waals surface area contributed by atoms with E-state index in [1.165, 1.54) is 22.9 Å². The Morgan fingerprint density at radius 1 is 1.31 bits per heavy atom. The second-order valence-corrected chi connectivity index (χ2v) is 5.27. The zero-order valence-electron chi connectivity index (χ0n) is 9.32. The van der Waals surface area contributed by atoms with Crippen molar-refractivity contribution in [2.24, 2.45) is 0 Å². The lowest BCUT2D eigenvalue weighted by molar-refractivity contribution is 0.258. The molecule has 0 atom stereocenters. The summed E-state index contributed by atoms with van der Waals surface area (Å²) in [5.74, 6) is 0.696. The molecule has 1 fully saturated rings. The predicted molar refractivity (Wildman–Crippen MR) is 69.6 cm³/mol. The fourth-order valence-electron chi connectivity index (χ4n) is 2.23. The zero-order chi connectivity index (χ0) is 11.4. The summed E-state index contributed by atoms with van der Waals surface area (Å²) in [5.41, 5.74) is 1.43. The topological polar surface area (TPSA) is 32.3 Å². The van der Waals surface area contributed by atoms with Gasteiger partial charge in [0.1, 0.15) is 0 Å². The molecule has 1 aromatic carbocycles. The molecular formula is C13H18BrNO. The smallest absolute Gasteiger partial charge is 0.0443 e. The third-order valence-corrected chi connectivity index (χ3v) is 3.97. The lowest BCUT2D eigenvalue weighted by Gasteiger charge is -2.37. The van der Waals surface area contributed by atoms with Crippen molar-refractivity contribution in [1.29, 1.82) is 0 Å². The molecule has 0 radical (unpaired) electrons. The predicted octanol–water partition coefficient (Wildman–Crippen LogP) is 2.67. The summed E-state index contributed by atoms with van der Waals surface area (Å²) < 4.78 is 1.23. The first-order chi connectivity index (χ1) is 7.81. The summed E-state index contributed by atoms with van der Waals surface area (Å²) in [6.45, 7) is 1.22. The highest BCUT2D eigenvalue weighted by Crippen LogP contribution is 2.39. The quantitative estimate of drug-likeness (QED) is 0.815. The van der Waals surface area contributed by atoms with Crippen molar-refractivity contribution in [1.82, 2.24) is 5.32 Å². The Kier molecular flexibility index (Phi) is 4.38. The van der Waals surface area contributed by atoms with Gasteiger partial charge in [-0.1, -0.05) is 34.1 Å². The fourth-order valence-corrected chi connectivity index (χ4v) is 2.84. The Bertz CT molecular complexity index is 336. The van der Waals surface area contributed by atoms with Gasteiger partial charge < -0.3 is 10.4 Å². The summed E-state index contributed by atoms with van der Waals surface area (Å²) in [4.78, 5) is 0. The molecule has 1 aliphatic rings. The van der Waals surface area contributed by atoms with Gasteiger partial charge in [-0.15, -0.1) is 0 Å². The maximum atomic E-state index is 8.69. The van der Waals surface area contributed by atoms with E-state index < -0.39 is 0 Å². The molecule has 0 heterocycles. The summed E-state index contributed by atoms with van der Waals surface area (Å²) in [6, 6.07) is 9.12. The number of aliphatic hydroxyl groups excluding tert-OH is 1. The maximum absolute atomic E-state index is 8.69. The van der Waals surface area contributed by atoms with Gasteiger partial charge >= 0.3 is 0 Å². The van der Waals surface area contributed by atoms with Crippen molar-refractivity contribution in [3.63, 3.8) is 0 Å². The van der Waals surface area contributed by atoms with Crippen LogP contribution in [0.2, 0.25) is 0 Å². The number of nitrogens with one attached hydrogen (secondary N) is 1. The van der Waals surface area contributed by atoms with E-state index >= 15 is 0 Å². The molecule has 0 amide bonds. The van der Waals surface area contributed by atoms with Crippen LogP contribution in [0.5, 0.6) is 0 Å². The van der Waals surface area contributed by atoms with Crippen LogP contribution in [0.3, 0.4) is 0 Å². The summed E-state index contributed by atoms with van der Waals surface area (Å²) in [6.07, 6.45) is 3.29. The van der Waals surface area contributed by atoms with Gasteiger partial charge in [0.2, 0.25) is 0 Å². The maximum Gasteiger partial charge on any atom is 0.0443 e. The third-order valence-electron chi connectivity index (χ3n) is 3.25. The Hall–Kier alpha value is -0.380. The first kappa shape index (κ1) is 12.1. The molecule has 0 aromatic heterocycles. The molecule has 1 aliphatic carbocycles. The van der Waals surface area contributed by atoms with E-state index in [4.69, 9.17) is 5.11 Å². The van der Waals surface area contributed by atoms with Gasteiger partial charge in [-0.25, -0.2) is 0 Å². The molecule has 2 N–H and O–H groups in total. The summed E-state index contributed by atoms with van der Waals surface area (Å²) in [7, 11) is 0. The Labute approximate surface area is 105 Å². The highest BCUT2D eigenvalue weighted by Gasteiger charge is 2.30. The van der Waals surface area contributed by atoms with E-state index in [2.05, 4.69) is 45.5 Å². The molecule has 88 valence electrons. The van der Waals surface area contributed by atoms with Crippen LogP contribution in [0.15, 0.2) is 28.7 Å². The Balaban J connectivity index is 1.78.